The van der Waals surface area contributed by atoms with E-state index < -0.39 is 17.2 Å². The van der Waals surface area contributed by atoms with Gasteiger partial charge in [0.25, 0.3) is 0 Å². The number of hydrogen-bond donors (Lipinski definition) is 6. The van der Waals surface area contributed by atoms with Crippen LogP contribution >= 0.6 is 17.2 Å². The zero-order chi connectivity index (χ0) is 60.5. The average molecular weight is 1170 g/mol. The van der Waals surface area contributed by atoms with Crippen molar-refractivity contribution in [2.45, 2.75) is 246 Å². The molecule has 2 atom stereocenters. The first-order valence-electron chi connectivity index (χ1n) is 31.0. The molecule has 5 aromatic rings. The smallest absolute Gasteiger partial charge is 0.324 e. The van der Waals surface area contributed by atoms with E-state index in [9.17, 15) is 0 Å². The van der Waals surface area contributed by atoms with Crippen LogP contribution in [0.15, 0.2) is 97.1 Å². The first kappa shape index (κ1) is 72.2. The molecule has 2 unspecified atom stereocenters. The van der Waals surface area contributed by atoms with Crippen LogP contribution in [-0.4, -0.2) is 43.6 Å². The minimum absolute atomic E-state index is 0.0788. The van der Waals surface area contributed by atoms with E-state index >= 15 is 0 Å². The predicted molar refractivity (Wildman–Crippen MR) is 345 cm³/mol. The van der Waals surface area contributed by atoms with Gasteiger partial charge in [-0.1, -0.05) is 258 Å². The number of hydrogen-bond acceptors (Lipinski definition) is 10. The number of ether oxygens (including phenoxy) is 4. The Morgan fingerprint density at radius 2 is 0.659 bits per heavy atom. The summed E-state index contributed by atoms with van der Waals surface area (Å²) in [5.41, 5.74) is 9.31. The predicted octanol–water partition coefficient (Wildman–Crippen LogP) is 20.3. The topological polar surface area (TPSA) is 158 Å². The summed E-state index contributed by atoms with van der Waals surface area (Å²) in [6.07, 6.45) is 30.5. The van der Waals surface area contributed by atoms with E-state index in [2.05, 4.69) is 166 Å². The van der Waals surface area contributed by atoms with Crippen LogP contribution in [0.3, 0.4) is 0 Å². The lowest BCUT2D eigenvalue weighted by Gasteiger charge is -2.36. The average Bonchev–Trinajstić information content (AvgIpc) is 3.53. The molecule has 0 aliphatic carbocycles. The van der Waals surface area contributed by atoms with Crippen LogP contribution in [0.25, 0.3) is 0 Å². The van der Waals surface area contributed by atoms with Crippen molar-refractivity contribution < 1.29 is 48.3 Å². The summed E-state index contributed by atoms with van der Waals surface area (Å²) in [6, 6.07) is 34.5. The van der Waals surface area contributed by atoms with Crippen molar-refractivity contribution in [2.75, 3.05) is 14.2 Å². The largest absolute Gasteiger partial charge is 0.497 e. The Bertz CT molecular complexity index is 2310. The Morgan fingerprint density at radius 1 is 0.390 bits per heavy atom. The molecule has 10 nitrogen and oxygen atoms in total. The van der Waals surface area contributed by atoms with Crippen LogP contribution in [0.1, 0.15) is 267 Å². The first-order valence-corrected chi connectivity index (χ1v) is 33.4. The van der Waals surface area contributed by atoms with Crippen molar-refractivity contribution in [3.63, 3.8) is 0 Å². The van der Waals surface area contributed by atoms with E-state index in [1.54, 1.807) is 14.2 Å². The van der Waals surface area contributed by atoms with Gasteiger partial charge in [0, 0.05) is 45.2 Å². The molecule has 6 N–H and O–H groups in total. The molecule has 0 fully saturated rings. The highest BCUT2D eigenvalue weighted by Gasteiger charge is 2.37. The summed E-state index contributed by atoms with van der Waals surface area (Å²) in [5.74, 6) is 5.66. The van der Waals surface area contributed by atoms with Gasteiger partial charge in [0.15, 0.2) is 0 Å². The molecular formula is C70H108O10P2. The Kier molecular flexibility index (Phi) is 34.8. The Balaban J connectivity index is 0.00000206. The Hall–Kier alpha value is -4.08. The zero-order valence-electron chi connectivity index (χ0n) is 52.6. The third-order valence-corrected chi connectivity index (χ3v) is 15.6. The van der Waals surface area contributed by atoms with E-state index in [0.29, 0.717) is 0 Å². The van der Waals surface area contributed by atoms with E-state index in [1.165, 1.54) is 162 Å². The fourth-order valence-corrected chi connectivity index (χ4v) is 11.3. The summed E-state index contributed by atoms with van der Waals surface area (Å²) in [6.45, 7) is 23.6. The molecule has 0 saturated carbocycles. The summed E-state index contributed by atoms with van der Waals surface area (Å²) >= 11 is 0. The molecule has 0 spiro atoms. The number of unbranched alkanes of at least 4 members (excludes halogenated alkanes) is 20. The van der Waals surface area contributed by atoms with Gasteiger partial charge in [-0.2, -0.15) is 0 Å². The SMILES string of the molecule is CCCCCCCCCCCCCc1c(Oc2ccc(OC)cc2C(C)c2ccccc2)c(C(C)(C)C)c(CCCCCCCCCCCCC)c(Oc2ccc(OC)cc2C(C)c2ccccc2)c1C(C)(C)C.OP(O)O.OP(O)O. The molecule has 458 valence electrons. The van der Waals surface area contributed by atoms with Crippen LogP contribution in [0.2, 0.25) is 0 Å². The molecule has 0 aromatic heterocycles. The van der Waals surface area contributed by atoms with Gasteiger partial charge in [0.05, 0.1) is 14.2 Å². The first-order chi connectivity index (χ1) is 39.2. The fourth-order valence-electron chi connectivity index (χ4n) is 11.3. The molecule has 12 heteroatoms. The lowest BCUT2D eigenvalue weighted by atomic mass is 9.73. The molecule has 0 amide bonds. The van der Waals surface area contributed by atoms with Crippen LogP contribution < -0.4 is 18.9 Å². The number of methoxy groups -OCH3 is 2. The second-order valence-electron chi connectivity index (χ2n) is 24.2. The van der Waals surface area contributed by atoms with Gasteiger partial charge < -0.3 is 48.3 Å². The maximum absolute atomic E-state index is 7.80. The zero-order valence-corrected chi connectivity index (χ0v) is 54.4. The quantitative estimate of drug-likeness (QED) is 0.0173. The third-order valence-electron chi connectivity index (χ3n) is 15.6. The Morgan fingerprint density at radius 3 is 0.915 bits per heavy atom. The van der Waals surface area contributed by atoms with Crippen molar-refractivity contribution in [2.24, 2.45) is 0 Å². The molecule has 0 aliphatic heterocycles. The normalized spacial score (nSPS) is 12.3. The van der Waals surface area contributed by atoms with Crippen molar-refractivity contribution >= 4 is 17.2 Å². The molecule has 0 saturated heterocycles. The second-order valence-corrected chi connectivity index (χ2v) is 25.3. The van der Waals surface area contributed by atoms with Crippen molar-refractivity contribution in [1.82, 2.24) is 0 Å². The molecule has 0 bridgehead atoms. The molecular weight excluding hydrogens is 1060 g/mol. The van der Waals surface area contributed by atoms with E-state index in [1.807, 2.05) is 0 Å². The summed E-state index contributed by atoms with van der Waals surface area (Å²) < 4.78 is 27.4. The van der Waals surface area contributed by atoms with Gasteiger partial charge >= 0.3 is 17.2 Å². The highest BCUT2D eigenvalue weighted by atomic mass is 31.2. The molecule has 0 radical (unpaired) electrons. The molecule has 0 aliphatic rings. The minimum atomic E-state index is -2.62. The molecule has 0 heterocycles. The number of rotatable bonds is 34. The monoisotopic (exact) mass is 1170 g/mol. The van der Waals surface area contributed by atoms with E-state index in [-0.39, 0.29) is 22.7 Å². The summed E-state index contributed by atoms with van der Waals surface area (Å²) in [7, 11) is -1.71. The van der Waals surface area contributed by atoms with E-state index in [4.69, 9.17) is 48.3 Å². The summed E-state index contributed by atoms with van der Waals surface area (Å²) in [4.78, 5) is 43.4. The van der Waals surface area contributed by atoms with Crippen LogP contribution in [-0.2, 0) is 23.7 Å². The van der Waals surface area contributed by atoms with Crippen molar-refractivity contribution in [1.29, 1.82) is 0 Å². The van der Waals surface area contributed by atoms with E-state index in [0.717, 1.165) is 71.3 Å². The number of benzene rings is 5. The molecule has 82 heavy (non-hydrogen) atoms. The van der Waals surface area contributed by atoms with Gasteiger partial charge in [-0.05, 0) is 84.0 Å². The van der Waals surface area contributed by atoms with Gasteiger partial charge in [-0.15, -0.1) is 0 Å². The Labute approximate surface area is 499 Å². The highest BCUT2D eigenvalue weighted by Crippen LogP contribution is 2.53. The molecule has 5 aromatic carbocycles. The van der Waals surface area contributed by atoms with Gasteiger partial charge in [-0.25, -0.2) is 0 Å². The van der Waals surface area contributed by atoms with Gasteiger partial charge in [0.2, 0.25) is 0 Å². The van der Waals surface area contributed by atoms with Crippen LogP contribution in [0.5, 0.6) is 34.5 Å². The summed E-state index contributed by atoms with van der Waals surface area (Å²) in [5, 5.41) is 0. The maximum atomic E-state index is 7.80. The third kappa shape index (κ3) is 26.0. The lowest BCUT2D eigenvalue weighted by Crippen LogP contribution is -2.24. The minimum Gasteiger partial charge on any atom is -0.497 e. The van der Waals surface area contributed by atoms with Crippen molar-refractivity contribution in [3.8, 4) is 34.5 Å². The van der Waals surface area contributed by atoms with Crippen LogP contribution in [0, 0.1) is 0 Å². The highest BCUT2D eigenvalue weighted by molar-refractivity contribution is 7.38. The van der Waals surface area contributed by atoms with Gasteiger partial charge in [0.1, 0.15) is 34.5 Å². The van der Waals surface area contributed by atoms with Gasteiger partial charge in [-0.3, -0.25) is 0 Å². The molecule has 5 rings (SSSR count). The maximum Gasteiger partial charge on any atom is 0.324 e. The van der Waals surface area contributed by atoms with Crippen LogP contribution in [0.4, 0.5) is 0 Å². The fraction of sp³-hybridized carbons (Fsp3) is 0.571. The van der Waals surface area contributed by atoms with Crippen molar-refractivity contribution in [3.05, 3.63) is 142 Å². The lowest BCUT2D eigenvalue weighted by molar-refractivity contribution is 0.366. The second kappa shape index (κ2) is 39.5. The standard InChI is InChI=1S/C70H102O4.2H3O3P/c1-13-15-17-19-21-23-25-27-29-31-39-45-59-65(69(5,6)7)68(74-64-50-48-58(72-12)52-62(64)54(4)56-43-37-34-38-44-56)60(46-40-32-30-28-26-24-22-20-18-16-14-2)66(70(8,9)10)67(59)73-63-49-47-57(71-11)51-61(63)53(3)55-41-35-33-36-42-55;2*1-4(2)3/h33-38,41-44,47-54H,13-32,39-40,45-46H2,1-12H3;2*1-3H.